The van der Waals surface area contributed by atoms with Gasteiger partial charge >= 0.3 is 0 Å². The molecule has 11 heavy (non-hydrogen) atoms. The second-order valence-electron chi connectivity index (χ2n) is 2.19. The fourth-order valence-electron chi connectivity index (χ4n) is 0.575. The van der Waals surface area contributed by atoms with Crippen LogP contribution in [0.1, 0.15) is 0 Å². The van der Waals surface area contributed by atoms with Gasteiger partial charge in [-0.25, -0.2) is 17.7 Å². The lowest BCUT2D eigenvalue weighted by molar-refractivity contribution is 0.517. The third-order valence-corrected chi connectivity index (χ3v) is 2.93. The molecule has 0 fully saturated rings. The maximum absolute atomic E-state index is 11.2. The summed E-state index contributed by atoms with van der Waals surface area (Å²) in [6.07, 6.45) is 2.67. The highest BCUT2D eigenvalue weighted by atomic mass is 32.2. The lowest BCUT2D eigenvalue weighted by atomic mass is 11.0. The molecule has 0 aromatic carbocycles. The Balaban J connectivity index is 3.12. The van der Waals surface area contributed by atoms with Crippen LogP contribution in [-0.4, -0.2) is 36.8 Å². The zero-order chi connectivity index (χ0) is 8.48. The van der Waals surface area contributed by atoms with Gasteiger partial charge in [-0.2, -0.15) is 0 Å². The van der Waals surface area contributed by atoms with Crippen molar-refractivity contribution < 1.29 is 8.42 Å². The van der Waals surface area contributed by atoms with Gasteiger partial charge in [0.1, 0.15) is 0 Å². The number of hydrogen-bond acceptors (Lipinski definition) is 3. The molecule has 1 heterocycles. The van der Waals surface area contributed by atoms with Crippen LogP contribution < -0.4 is 0 Å². The standard InChI is InChI=1S/C5H9N3O2S/c1-8(2)11(9,10)5-3-6-4-7-5/h3-4H,1-2H3,(H,6,7). The zero-order valence-electron chi connectivity index (χ0n) is 6.27. The average molecular weight is 175 g/mol. The van der Waals surface area contributed by atoms with Crippen LogP contribution in [0.5, 0.6) is 0 Å². The fourth-order valence-corrected chi connectivity index (χ4v) is 1.35. The van der Waals surface area contributed by atoms with Crippen LogP contribution in [0.3, 0.4) is 0 Å². The van der Waals surface area contributed by atoms with Gasteiger partial charge in [-0.05, 0) is 0 Å². The van der Waals surface area contributed by atoms with Gasteiger partial charge in [-0.3, -0.25) is 0 Å². The third-order valence-electron chi connectivity index (χ3n) is 1.22. The van der Waals surface area contributed by atoms with E-state index in [4.69, 9.17) is 0 Å². The molecule has 0 unspecified atom stereocenters. The van der Waals surface area contributed by atoms with Crippen molar-refractivity contribution in [2.45, 2.75) is 5.03 Å². The Kier molecular flexibility index (Phi) is 1.97. The predicted molar refractivity (Wildman–Crippen MR) is 39.5 cm³/mol. The lowest BCUT2D eigenvalue weighted by Crippen LogP contribution is -2.22. The Morgan fingerprint density at radius 3 is 2.55 bits per heavy atom. The van der Waals surface area contributed by atoms with Crippen molar-refractivity contribution in [1.82, 2.24) is 14.3 Å². The largest absolute Gasteiger partial charge is 0.350 e. The van der Waals surface area contributed by atoms with Gasteiger partial charge < -0.3 is 4.98 Å². The molecule has 0 aliphatic heterocycles. The summed E-state index contributed by atoms with van der Waals surface area (Å²) in [7, 11) is -0.418. The van der Waals surface area contributed by atoms with E-state index in [0.29, 0.717) is 0 Å². The molecule has 6 heteroatoms. The quantitative estimate of drug-likeness (QED) is 0.668. The van der Waals surface area contributed by atoms with Crippen molar-refractivity contribution in [1.29, 1.82) is 0 Å². The highest BCUT2D eigenvalue weighted by molar-refractivity contribution is 7.89. The Labute approximate surface area is 65.1 Å². The van der Waals surface area contributed by atoms with Gasteiger partial charge in [-0.15, -0.1) is 0 Å². The van der Waals surface area contributed by atoms with Gasteiger partial charge in [0.15, 0.2) is 5.03 Å². The van der Waals surface area contributed by atoms with Gasteiger partial charge in [0.25, 0.3) is 10.0 Å². The molecular formula is C5H9N3O2S. The molecule has 0 aliphatic rings. The number of aromatic amines is 1. The first kappa shape index (κ1) is 8.22. The first-order valence-electron chi connectivity index (χ1n) is 2.96. The summed E-state index contributed by atoms with van der Waals surface area (Å²) in [5.41, 5.74) is 0. The van der Waals surface area contributed by atoms with E-state index in [-0.39, 0.29) is 5.03 Å². The monoisotopic (exact) mass is 175 g/mol. The first-order valence-corrected chi connectivity index (χ1v) is 4.40. The number of imidazole rings is 1. The molecule has 0 saturated carbocycles. The van der Waals surface area contributed by atoms with Crippen molar-refractivity contribution in [2.75, 3.05) is 14.1 Å². The summed E-state index contributed by atoms with van der Waals surface area (Å²) in [5.74, 6) is 0. The number of hydrogen-bond donors (Lipinski definition) is 1. The van der Waals surface area contributed by atoms with E-state index >= 15 is 0 Å². The molecule has 62 valence electrons. The molecule has 1 N–H and O–H groups in total. The van der Waals surface area contributed by atoms with Crippen LogP contribution in [0.15, 0.2) is 17.6 Å². The minimum Gasteiger partial charge on any atom is -0.350 e. The molecular weight excluding hydrogens is 166 g/mol. The van der Waals surface area contributed by atoms with E-state index in [1.807, 2.05) is 0 Å². The average Bonchev–Trinajstić information content (AvgIpc) is 2.37. The summed E-state index contributed by atoms with van der Waals surface area (Å²) >= 11 is 0. The number of H-pyrrole nitrogens is 1. The van der Waals surface area contributed by atoms with Crippen LogP contribution in [-0.2, 0) is 10.0 Å². The SMILES string of the molecule is CN(C)S(=O)(=O)c1c[nH]cn1. The molecule has 1 aromatic rings. The molecule has 0 aliphatic carbocycles. The molecule has 0 atom stereocenters. The molecule has 0 amide bonds. The van der Waals surface area contributed by atoms with Crippen molar-refractivity contribution in [3.63, 3.8) is 0 Å². The summed E-state index contributed by atoms with van der Waals surface area (Å²) in [5, 5.41) is 0.0440. The maximum Gasteiger partial charge on any atom is 0.261 e. The maximum atomic E-state index is 11.2. The normalized spacial score (nSPS) is 12.3. The Morgan fingerprint density at radius 2 is 2.18 bits per heavy atom. The van der Waals surface area contributed by atoms with Gasteiger partial charge in [-0.1, -0.05) is 0 Å². The van der Waals surface area contributed by atoms with E-state index < -0.39 is 10.0 Å². The Morgan fingerprint density at radius 1 is 1.55 bits per heavy atom. The minimum atomic E-state index is -3.34. The molecule has 0 spiro atoms. The van der Waals surface area contributed by atoms with E-state index in [0.717, 1.165) is 4.31 Å². The Hall–Kier alpha value is -0.880. The second-order valence-corrected chi connectivity index (χ2v) is 4.29. The van der Waals surface area contributed by atoms with Gasteiger partial charge in [0, 0.05) is 20.3 Å². The zero-order valence-corrected chi connectivity index (χ0v) is 7.09. The molecule has 0 radical (unpaired) electrons. The number of rotatable bonds is 2. The molecule has 5 nitrogen and oxygen atoms in total. The topological polar surface area (TPSA) is 66.1 Å². The molecule has 1 aromatic heterocycles. The summed E-state index contributed by atoms with van der Waals surface area (Å²) in [6.45, 7) is 0. The van der Waals surface area contributed by atoms with Crippen LogP contribution in [0, 0.1) is 0 Å². The highest BCUT2D eigenvalue weighted by Gasteiger charge is 2.18. The number of sulfonamides is 1. The lowest BCUT2D eigenvalue weighted by Gasteiger charge is -2.07. The van der Waals surface area contributed by atoms with Crippen LogP contribution in [0.4, 0.5) is 0 Å². The van der Waals surface area contributed by atoms with Crippen LogP contribution in [0.2, 0.25) is 0 Å². The Bertz CT molecular complexity index is 314. The minimum absolute atomic E-state index is 0.0440. The smallest absolute Gasteiger partial charge is 0.261 e. The molecule has 0 bridgehead atoms. The molecule has 0 saturated heterocycles. The summed E-state index contributed by atoms with van der Waals surface area (Å²) in [6, 6.07) is 0. The first-order chi connectivity index (χ1) is 5.05. The number of nitrogens with one attached hydrogen (secondary N) is 1. The van der Waals surface area contributed by atoms with E-state index in [1.165, 1.54) is 26.6 Å². The van der Waals surface area contributed by atoms with Gasteiger partial charge in [0.05, 0.1) is 6.33 Å². The van der Waals surface area contributed by atoms with Crippen LogP contribution >= 0.6 is 0 Å². The fraction of sp³-hybridized carbons (Fsp3) is 0.400. The second kappa shape index (κ2) is 2.63. The van der Waals surface area contributed by atoms with E-state index in [2.05, 4.69) is 9.97 Å². The van der Waals surface area contributed by atoms with Crippen molar-refractivity contribution in [3.8, 4) is 0 Å². The number of aromatic nitrogens is 2. The van der Waals surface area contributed by atoms with Crippen molar-refractivity contribution in [3.05, 3.63) is 12.5 Å². The van der Waals surface area contributed by atoms with E-state index in [9.17, 15) is 8.42 Å². The van der Waals surface area contributed by atoms with Gasteiger partial charge in [0.2, 0.25) is 0 Å². The summed E-state index contributed by atoms with van der Waals surface area (Å²) < 4.78 is 23.6. The third kappa shape index (κ3) is 1.41. The van der Waals surface area contributed by atoms with Crippen LogP contribution in [0.25, 0.3) is 0 Å². The predicted octanol–water partition coefficient (Wildman–Crippen LogP) is -0.340. The van der Waals surface area contributed by atoms with E-state index in [1.54, 1.807) is 0 Å². The van der Waals surface area contributed by atoms with Crippen molar-refractivity contribution >= 4 is 10.0 Å². The van der Waals surface area contributed by atoms with Crippen molar-refractivity contribution in [2.24, 2.45) is 0 Å². The highest BCUT2D eigenvalue weighted by Crippen LogP contribution is 2.06. The number of nitrogens with zero attached hydrogens (tertiary/aromatic N) is 2. The molecule has 1 rings (SSSR count). The summed E-state index contributed by atoms with van der Waals surface area (Å²) in [4.78, 5) is 6.20.